The highest BCUT2D eigenvalue weighted by Crippen LogP contribution is 2.01. The maximum atomic E-state index is 5.89. The minimum atomic E-state index is 0.476. The zero-order valence-corrected chi connectivity index (χ0v) is 9.67. The van der Waals surface area contributed by atoms with Crippen LogP contribution >= 0.6 is 0 Å². The largest absolute Gasteiger partial charge is 0.383 e. The Kier molecular flexibility index (Phi) is 3.45. The molecule has 2 N–H and O–H groups in total. The van der Waals surface area contributed by atoms with Crippen LogP contribution in [0.3, 0.4) is 0 Å². The molecule has 0 atom stereocenters. The summed E-state index contributed by atoms with van der Waals surface area (Å²) in [5.41, 5.74) is 7.69. The van der Waals surface area contributed by atoms with E-state index in [2.05, 4.69) is 15.0 Å². The van der Waals surface area contributed by atoms with Crippen molar-refractivity contribution in [2.45, 2.75) is 13.5 Å². The summed E-state index contributed by atoms with van der Waals surface area (Å²) in [6.45, 7) is 2.33. The molecule has 86 valence electrons. The Balaban J connectivity index is 2.11. The SMILES string of the molecule is Cc1nccc(CN=C(N)c2ccccc2)n1. The van der Waals surface area contributed by atoms with Crippen molar-refractivity contribution in [1.29, 1.82) is 0 Å². The number of aliphatic imine (C=N–C) groups is 1. The average Bonchev–Trinajstić information content (AvgIpc) is 2.37. The number of nitrogens with two attached hydrogens (primary N) is 1. The van der Waals surface area contributed by atoms with Gasteiger partial charge in [0.1, 0.15) is 11.7 Å². The number of nitrogens with zero attached hydrogens (tertiary/aromatic N) is 3. The molecular formula is C13H14N4. The normalized spacial score (nSPS) is 11.5. The van der Waals surface area contributed by atoms with Crippen molar-refractivity contribution in [3.05, 3.63) is 59.7 Å². The van der Waals surface area contributed by atoms with Crippen molar-refractivity contribution in [2.24, 2.45) is 10.7 Å². The second-order valence-corrected chi connectivity index (χ2v) is 3.66. The monoisotopic (exact) mass is 226 g/mol. The molecule has 1 aromatic heterocycles. The van der Waals surface area contributed by atoms with Gasteiger partial charge in [-0.05, 0) is 13.0 Å². The molecule has 1 aromatic carbocycles. The quantitative estimate of drug-likeness (QED) is 0.640. The Morgan fingerprint density at radius 1 is 1.24 bits per heavy atom. The number of benzene rings is 1. The zero-order chi connectivity index (χ0) is 12.1. The fourth-order valence-corrected chi connectivity index (χ4v) is 1.46. The lowest BCUT2D eigenvalue weighted by Crippen LogP contribution is -2.13. The minimum Gasteiger partial charge on any atom is -0.383 e. The van der Waals surface area contributed by atoms with E-state index in [0.29, 0.717) is 12.4 Å². The summed E-state index contributed by atoms with van der Waals surface area (Å²) in [4.78, 5) is 12.6. The molecule has 0 unspecified atom stereocenters. The second kappa shape index (κ2) is 5.21. The second-order valence-electron chi connectivity index (χ2n) is 3.66. The van der Waals surface area contributed by atoms with Crippen LogP contribution in [0.2, 0.25) is 0 Å². The van der Waals surface area contributed by atoms with E-state index in [1.807, 2.05) is 43.3 Å². The van der Waals surface area contributed by atoms with E-state index < -0.39 is 0 Å². The molecule has 0 saturated carbocycles. The number of hydrogen-bond acceptors (Lipinski definition) is 3. The molecule has 1 heterocycles. The summed E-state index contributed by atoms with van der Waals surface area (Å²) < 4.78 is 0. The third-order valence-corrected chi connectivity index (χ3v) is 2.31. The molecule has 0 amide bonds. The van der Waals surface area contributed by atoms with Crippen molar-refractivity contribution < 1.29 is 0 Å². The Labute approximate surface area is 100 Å². The molecule has 4 nitrogen and oxygen atoms in total. The van der Waals surface area contributed by atoms with Gasteiger partial charge in [0.25, 0.3) is 0 Å². The molecule has 0 bridgehead atoms. The van der Waals surface area contributed by atoms with E-state index in [1.165, 1.54) is 0 Å². The first kappa shape index (κ1) is 11.3. The zero-order valence-electron chi connectivity index (χ0n) is 9.67. The van der Waals surface area contributed by atoms with Gasteiger partial charge in [0.15, 0.2) is 0 Å². The van der Waals surface area contributed by atoms with Gasteiger partial charge in [0.2, 0.25) is 0 Å². The van der Waals surface area contributed by atoms with E-state index in [0.717, 1.165) is 17.1 Å². The number of hydrogen-bond donors (Lipinski definition) is 1. The van der Waals surface area contributed by atoms with Crippen LogP contribution in [0.5, 0.6) is 0 Å². The van der Waals surface area contributed by atoms with Gasteiger partial charge < -0.3 is 5.73 Å². The van der Waals surface area contributed by atoms with Gasteiger partial charge in [-0.3, -0.25) is 4.99 Å². The number of amidine groups is 1. The molecular weight excluding hydrogens is 212 g/mol. The van der Waals surface area contributed by atoms with Gasteiger partial charge >= 0.3 is 0 Å². The smallest absolute Gasteiger partial charge is 0.126 e. The predicted molar refractivity (Wildman–Crippen MR) is 67.6 cm³/mol. The third kappa shape index (κ3) is 3.11. The summed E-state index contributed by atoms with van der Waals surface area (Å²) in [7, 11) is 0. The van der Waals surface area contributed by atoms with E-state index in [4.69, 9.17) is 5.73 Å². The maximum Gasteiger partial charge on any atom is 0.126 e. The van der Waals surface area contributed by atoms with Crippen molar-refractivity contribution in [3.63, 3.8) is 0 Å². The van der Waals surface area contributed by atoms with Gasteiger partial charge in [-0.2, -0.15) is 0 Å². The summed E-state index contributed by atoms with van der Waals surface area (Å²) >= 11 is 0. The Bertz CT molecular complexity index is 520. The number of aryl methyl sites for hydroxylation is 1. The molecule has 0 aliphatic carbocycles. The Hall–Kier alpha value is -2.23. The fourth-order valence-electron chi connectivity index (χ4n) is 1.46. The molecule has 17 heavy (non-hydrogen) atoms. The highest BCUT2D eigenvalue weighted by atomic mass is 14.9. The Morgan fingerprint density at radius 3 is 2.71 bits per heavy atom. The van der Waals surface area contributed by atoms with E-state index in [-0.39, 0.29) is 0 Å². The lowest BCUT2D eigenvalue weighted by atomic mass is 10.2. The third-order valence-electron chi connectivity index (χ3n) is 2.31. The standard InChI is InChI=1S/C13H14N4/c1-10-15-8-7-12(17-10)9-16-13(14)11-5-3-2-4-6-11/h2-8H,9H2,1H3,(H2,14,16). The van der Waals surface area contributed by atoms with Crippen LogP contribution in [0.4, 0.5) is 0 Å². The van der Waals surface area contributed by atoms with Gasteiger partial charge in [-0.15, -0.1) is 0 Å². The molecule has 0 aliphatic heterocycles. The molecule has 0 spiro atoms. The molecule has 2 rings (SSSR count). The predicted octanol–water partition coefficient (Wildman–Crippen LogP) is 1.69. The van der Waals surface area contributed by atoms with Crippen molar-refractivity contribution in [3.8, 4) is 0 Å². The fraction of sp³-hybridized carbons (Fsp3) is 0.154. The number of rotatable bonds is 3. The van der Waals surface area contributed by atoms with Crippen LogP contribution in [-0.4, -0.2) is 15.8 Å². The van der Waals surface area contributed by atoms with E-state index in [1.54, 1.807) is 6.20 Å². The van der Waals surface area contributed by atoms with Crippen molar-refractivity contribution in [2.75, 3.05) is 0 Å². The van der Waals surface area contributed by atoms with Crippen LogP contribution in [0.15, 0.2) is 47.6 Å². The maximum absolute atomic E-state index is 5.89. The van der Waals surface area contributed by atoms with E-state index in [9.17, 15) is 0 Å². The first-order valence-electron chi connectivity index (χ1n) is 5.39. The van der Waals surface area contributed by atoms with Crippen LogP contribution < -0.4 is 5.73 Å². The van der Waals surface area contributed by atoms with Gasteiger partial charge in [-0.1, -0.05) is 30.3 Å². The summed E-state index contributed by atoms with van der Waals surface area (Å²) in [6, 6.07) is 11.5. The van der Waals surface area contributed by atoms with Crippen molar-refractivity contribution >= 4 is 5.84 Å². The van der Waals surface area contributed by atoms with Gasteiger partial charge in [0.05, 0.1) is 12.2 Å². The molecule has 0 fully saturated rings. The van der Waals surface area contributed by atoms with Crippen LogP contribution in [0, 0.1) is 6.92 Å². The van der Waals surface area contributed by atoms with Crippen LogP contribution in [0.25, 0.3) is 0 Å². The summed E-state index contributed by atoms with van der Waals surface area (Å²) in [5.74, 6) is 1.28. The van der Waals surface area contributed by atoms with Gasteiger partial charge in [0, 0.05) is 11.8 Å². The first-order chi connectivity index (χ1) is 8.25. The number of aromatic nitrogens is 2. The molecule has 0 aliphatic rings. The topological polar surface area (TPSA) is 64.2 Å². The van der Waals surface area contributed by atoms with Gasteiger partial charge in [-0.25, -0.2) is 9.97 Å². The van der Waals surface area contributed by atoms with E-state index >= 15 is 0 Å². The first-order valence-corrected chi connectivity index (χ1v) is 5.39. The van der Waals surface area contributed by atoms with Crippen molar-refractivity contribution in [1.82, 2.24) is 9.97 Å². The Morgan fingerprint density at radius 2 is 2.00 bits per heavy atom. The average molecular weight is 226 g/mol. The van der Waals surface area contributed by atoms with Crippen LogP contribution in [0.1, 0.15) is 17.1 Å². The highest BCUT2D eigenvalue weighted by Gasteiger charge is 1.98. The van der Waals surface area contributed by atoms with Crippen LogP contribution in [-0.2, 0) is 6.54 Å². The summed E-state index contributed by atoms with van der Waals surface area (Å²) in [5, 5.41) is 0. The lowest BCUT2D eigenvalue weighted by molar-refractivity contribution is 0.925. The summed E-state index contributed by atoms with van der Waals surface area (Å²) in [6.07, 6.45) is 1.73. The molecule has 0 saturated heterocycles. The molecule has 2 aromatic rings. The highest BCUT2D eigenvalue weighted by molar-refractivity contribution is 5.97. The molecule has 4 heteroatoms. The molecule has 0 radical (unpaired) electrons. The minimum absolute atomic E-state index is 0.476. The lowest BCUT2D eigenvalue weighted by Gasteiger charge is -2.01.